The van der Waals surface area contributed by atoms with Gasteiger partial charge in [0.2, 0.25) is 5.95 Å². The monoisotopic (exact) mass is 1680 g/mol. The van der Waals surface area contributed by atoms with E-state index in [0.717, 1.165) is 106 Å². The molecule has 8 nitrogen and oxygen atoms in total. The SMILES string of the molecule is c1ccc(-c2nc(-c3ccccc3)nc(-c3ccc4c(c3)-c3ccccc3C4(c3ccccc3)c3ccc(N(c4ccc5ccc6ccccc6c5c4)c4cccc5oc6ccccc6c45)cc3)n2)cc1.c1ccc(-c2nc(N(c3ccc(C4(c5ccccc5)c5ccccc5-c5ccccc54)cc3)c3cccc4sc5ccccc5c34)nc3c2ccc2ccccc23)cc1. The Labute approximate surface area is 755 Å². The summed E-state index contributed by atoms with van der Waals surface area (Å²) in [5.41, 5.74) is 26.2. The molecule has 130 heavy (non-hydrogen) atoms. The summed E-state index contributed by atoms with van der Waals surface area (Å²) in [5, 5.41) is 12.7. The topological polar surface area (TPSA) is 84.1 Å². The quantitative estimate of drug-likeness (QED) is 0.0996. The van der Waals surface area contributed by atoms with Gasteiger partial charge in [-0.2, -0.15) is 0 Å². The molecule has 1 atom stereocenters. The molecule has 2 aliphatic carbocycles. The van der Waals surface area contributed by atoms with Gasteiger partial charge in [0, 0.05) is 75.6 Å². The highest BCUT2D eigenvalue weighted by atomic mass is 32.1. The number of benzene rings is 20. The second-order valence-corrected chi connectivity index (χ2v) is 34.6. The molecule has 1 unspecified atom stereocenters. The molecule has 0 saturated carbocycles. The highest BCUT2D eigenvalue weighted by molar-refractivity contribution is 7.26. The van der Waals surface area contributed by atoms with E-state index in [1.807, 2.05) is 53.8 Å². The van der Waals surface area contributed by atoms with Gasteiger partial charge in [-0.05, 0) is 179 Å². The highest BCUT2D eigenvalue weighted by Gasteiger charge is 2.48. The number of nitrogens with zero attached hydrogens (tertiary/aromatic N) is 7. The van der Waals surface area contributed by atoms with Crippen molar-refractivity contribution in [1.29, 1.82) is 0 Å². The van der Waals surface area contributed by atoms with E-state index in [4.69, 9.17) is 29.3 Å². The Morgan fingerprint density at radius 1 is 0.231 bits per heavy atom. The molecule has 24 aromatic rings. The first-order valence-corrected chi connectivity index (χ1v) is 45.0. The smallest absolute Gasteiger partial charge is 0.235 e. The zero-order valence-corrected chi connectivity index (χ0v) is 71.2. The Morgan fingerprint density at radius 3 is 1.27 bits per heavy atom. The van der Waals surface area contributed by atoms with Crippen LogP contribution in [0.15, 0.2) is 472 Å². The van der Waals surface area contributed by atoms with Gasteiger partial charge in [0.15, 0.2) is 17.5 Å². The lowest BCUT2D eigenvalue weighted by molar-refractivity contribution is 0.669. The van der Waals surface area contributed by atoms with Crippen LogP contribution < -0.4 is 9.80 Å². The fourth-order valence-electron chi connectivity index (χ4n) is 20.8. The van der Waals surface area contributed by atoms with Crippen LogP contribution in [-0.4, -0.2) is 24.9 Å². The lowest BCUT2D eigenvalue weighted by Gasteiger charge is -2.34. The third-order valence-corrected chi connectivity index (χ3v) is 27.7. The van der Waals surface area contributed by atoms with E-state index >= 15 is 0 Å². The molecule has 0 N–H and O–H groups in total. The van der Waals surface area contributed by atoms with Gasteiger partial charge in [-0.3, -0.25) is 4.90 Å². The molecule has 0 aliphatic heterocycles. The van der Waals surface area contributed by atoms with Crippen molar-refractivity contribution >= 4 is 131 Å². The maximum absolute atomic E-state index is 6.51. The summed E-state index contributed by atoms with van der Waals surface area (Å²) >= 11 is 1.82. The Balaban J connectivity index is 0.000000143. The standard InChI is InChI=1S/C66H42N4O.C55H35N3S/c1-4-18-45(19-5-1)63-67-64(46-20-6-2-7-21-46)69-65(68-63)47-34-40-58-56(41-47)53-25-12-14-27-57(53)66(58,48-22-8-3-9-23-48)49-35-38-50(39-36-49)70(59-28-16-30-61-62(59)54-26-13-15-29-60(54)71-61)51-37-33-44-32-31-43-17-10-11-24-52(43)55(44)42-51;1-3-17-37(18-4-1)52-45-35-30-36-16-7-8-21-41(36)53(45)57-54(56-52)58(48-27-15-29-50-51(48)44-24-11-14-28-49(44)59-50)40-33-31-39(32-34-40)55(38-19-5-2-6-20-38)46-25-12-9-22-42(46)43-23-10-13-26-47(43)55/h1-42H;1-35H. The van der Waals surface area contributed by atoms with Crippen LogP contribution in [0.25, 0.3) is 153 Å². The van der Waals surface area contributed by atoms with E-state index in [-0.39, 0.29) is 0 Å². The Morgan fingerprint density at radius 2 is 0.654 bits per heavy atom. The summed E-state index contributed by atoms with van der Waals surface area (Å²) < 4.78 is 8.99. The molecule has 0 saturated heterocycles. The van der Waals surface area contributed by atoms with Gasteiger partial charge >= 0.3 is 0 Å². The summed E-state index contributed by atoms with van der Waals surface area (Å²) in [6.07, 6.45) is 0. The van der Waals surface area contributed by atoms with Gasteiger partial charge in [0.25, 0.3) is 0 Å². The molecule has 20 aromatic carbocycles. The predicted molar refractivity (Wildman–Crippen MR) is 538 cm³/mol. The number of hydrogen-bond acceptors (Lipinski definition) is 9. The molecule has 4 aromatic heterocycles. The molecule has 4 heterocycles. The summed E-state index contributed by atoms with van der Waals surface area (Å²) in [6, 6.07) is 168. The zero-order chi connectivity index (χ0) is 85.8. The van der Waals surface area contributed by atoms with Crippen LogP contribution in [0.5, 0.6) is 0 Å². The van der Waals surface area contributed by atoms with Crippen molar-refractivity contribution in [3.8, 4) is 67.7 Å². The lowest BCUT2D eigenvalue weighted by atomic mass is 9.67. The van der Waals surface area contributed by atoms with Gasteiger partial charge in [-0.1, -0.05) is 382 Å². The van der Waals surface area contributed by atoms with E-state index < -0.39 is 10.8 Å². The van der Waals surface area contributed by atoms with Crippen molar-refractivity contribution in [3.05, 3.63) is 512 Å². The van der Waals surface area contributed by atoms with Crippen LogP contribution in [-0.2, 0) is 10.8 Å². The number of thiophene rings is 1. The normalized spacial score (nSPS) is 13.5. The number of fused-ring (bicyclic) bond motifs is 18. The highest BCUT2D eigenvalue weighted by Crippen LogP contribution is 2.60. The summed E-state index contributed by atoms with van der Waals surface area (Å²) in [4.78, 5) is 31.0. The van der Waals surface area contributed by atoms with Crippen LogP contribution in [0.4, 0.5) is 34.4 Å². The van der Waals surface area contributed by atoms with Gasteiger partial charge in [0.05, 0.1) is 38.8 Å². The Hall–Kier alpha value is -16.9. The predicted octanol–water partition coefficient (Wildman–Crippen LogP) is 31.6. The Kier molecular flexibility index (Phi) is 18.1. The zero-order valence-electron chi connectivity index (χ0n) is 70.4. The second kappa shape index (κ2) is 31.1. The van der Waals surface area contributed by atoms with Crippen LogP contribution in [0.2, 0.25) is 0 Å². The fourth-order valence-corrected chi connectivity index (χ4v) is 22.0. The van der Waals surface area contributed by atoms with Crippen molar-refractivity contribution in [1.82, 2.24) is 24.9 Å². The number of para-hydroxylation sites is 1. The average molecular weight is 1680 g/mol. The molecule has 2 aliphatic rings. The maximum Gasteiger partial charge on any atom is 0.235 e. The van der Waals surface area contributed by atoms with Gasteiger partial charge in [0.1, 0.15) is 11.2 Å². The van der Waals surface area contributed by atoms with Crippen LogP contribution in [0, 0.1) is 0 Å². The number of hydrogen-bond donors (Lipinski definition) is 0. The first-order valence-electron chi connectivity index (χ1n) is 44.2. The third-order valence-electron chi connectivity index (χ3n) is 26.5. The lowest BCUT2D eigenvalue weighted by Crippen LogP contribution is -2.28. The minimum atomic E-state index is -0.638. The fraction of sp³-hybridized carbons (Fsp3) is 0.0165. The van der Waals surface area contributed by atoms with E-state index in [0.29, 0.717) is 23.4 Å². The van der Waals surface area contributed by atoms with Crippen molar-refractivity contribution in [2.45, 2.75) is 10.8 Å². The van der Waals surface area contributed by atoms with Gasteiger partial charge in [-0.15, -0.1) is 11.3 Å². The van der Waals surface area contributed by atoms with Gasteiger partial charge in [-0.25, -0.2) is 24.9 Å². The second-order valence-electron chi connectivity index (χ2n) is 33.5. The van der Waals surface area contributed by atoms with Crippen LogP contribution in [0.3, 0.4) is 0 Å². The Bertz CT molecular complexity index is 8460. The van der Waals surface area contributed by atoms with Crippen LogP contribution in [0.1, 0.15) is 44.5 Å². The third kappa shape index (κ3) is 12.2. The van der Waals surface area contributed by atoms with Crippen LogP contribution >= 0.6 is 11.3 Å². The average Bonchev–Trinajstić information content (AvgIpc) is 1.54. The number of anilines is 6. The van der Waals surface area contributed by atoms with Crippen molar-refractivity contribution < 1.29 is 4.42 Å². The first kappa shape index (κ1) is 75.7. The summed E-state index contributed by atoms with van der Waals surface area (Å²) in [6.45, 7) is 0. The molecule has 608 valence electrons. The maximum atomic E-state index is 6.51. The first-order chi connectivity index (χ1) is 64.5. The number of rotatable bonds is 14. The molecule has 0 radical (unpaired) electrons. The summed E-state index contributed by atoms with van der Waals surface area (Å²) in [7, 11) is 0. The molecule has 0 spiro atoms. The molecule has 26 rings (SSSR count). The molecule has 0 amide bonds. The number of aromatic nitrogens is 5. The summed E-state index contributed by atoms with van der Waals surface area (Å²) in [5.74, 6) is 2.52. The van der Waals surface area contributed by atoms with Crippen molar-refractivity contribution in [3.63, 3.8) is 0 Å². The van der Waals surface area contributed by atoms with E-state index in [2.05, 4.69) is 434 Å². The van der Waals surface area contributed by atoms with E-state index in [1.165, 1.54) is 103 Å². The minimum Gasteiger partial charge on any atom is -0.456 e. The largest absolute Gasteiger partial charge is 0.456 e. The molecular weight excluding hydrogens is 1600 g/mol. The van der Waals surface area contributed by atoms with Crippen molar-refractivity contribution in [2.24, 2.45) is 0 Å². The molecule has 9 heteroatoms. The van der Waals surface area contributed by atoms with E-state index in [1.54, 1.807) is 0 Å². The van der Waals surface area contributed by atoms with E-state index in [9.17, 15) is 0 Å². The molecular formula is C121H77N7OS. The minimum absolute atomic E-state index is 0.500. The molecule has 0 fully saturated rings. The number of furan rings is 1. The molecule has 0 bridgehead atoms. The van der Waals surface area contributed by atoms with Gasteiger partial charge < -0.3 is 9.32 Å². The van der Waals surface area contributed by atoms with Crippen molar-refractivity contribution in [2.75, 3.05) is 9.80 Å².